The molecule has 5 heteroatoms. The topological polar surface area (TPSA) is 52.9 Å². The van der Waals surface area contributed by atoms with Gasteiger partial charge in [0, 0.05) is 28.1 Å². The first-order chi connectivity index (χ1) is 14.6. The van der Waals surface area contributed by atoms with Crippen LogP contribution in [-0.4, -0.2) is 12.5 Å². The van der Waals surface area contributed by atoms with Gasteiger partial charge in [-0.1, -0.05) is 53.5 Å². The highest BCUT2D eigenvalue weighted by Crippen LogP contribution is 2.43. The van der Waals surface area contributed by atoms with E-state index in [2.05, 4.69) is 23.5 Å². The van der Waals surface area contributed by atoms with Crippen molar-refractivity contribution in [2.45, 2.75) is 25.2 Å². The summed E-state index contributed by atoms with van der Waals surface area (Å²) in [5.74, 6) is 0.0421. The van der Waals surface area contributed by atoms with Crippen molar-refractivity contribution in [3.05, 3.63) is 93.0 Å². The highest BCUT2D eigenvalue weighted by Gasteiger charge is 2.26. The van der Waals surface area contributed by atoms with Gasteiger partial charge in [0.15, 0.2) is 0 Å². The summed E-state index contributed by atoms with van der Waals surface area (Å²) in [6.07, 6.45) is 2.30. The summed E-state index contributed by atoms with van der Waals surface area (Å²) in [5.41, 5.74) is 6.27. The maximum atomic E-state index is 12.3. The molecule has 3 aromatic rings. The Morgan fingerprint density at radius 3 is 2.70 bits per heavy atom. The van der Waals surface area contributed by atoms with Crippen LogP contribution in [0.5, 0.6) is 0 Å². The number of benzene rings is 3. The van der Waals surface area contributed by atoms with Crippen molar-refractivity contribution in [3.63, 3.8) is 0 Å². The van der Waals surface area contributed by atoms with Gasteiger partial charge in [-0.25, -0.2) is 0 Å². The molecule has 1 N–H and O–H groups in total. The van der Waals surface area contributed by atoms with E-state index < -0.39 is 0 Å². The summed E-state index contributed by atoms with van der Waals surface area (Å²) in [6, 6.07) is 21.7. The lowest BCUT2D eigenvalue weighted by Gasteiger charge is -2.16. The van der Waals surface area contributed by atoms with Crippen LogP contribution < -0.4 is 5.32 Å². The molecule has 1 atom stereocenters. The van der Waals surface area contributed by atoms with Gasteiger partial charge < -0.3 is 5.32 Å². The average Bonchev–Trinajstić information content (AvgIpc) is 3.18. The number of nitriles is 1. The van der Waals surface area contributed by atoms with Crippen LogP contribution in [0.2, 0.25) is 10.0 Å². The van der Waals surface area contributed by atoms with E-state index in [4.69, 9.17) is 28.5 Å². The zero-order chi connectivity index (χ0) is 21.1. The average molecular weight is 435 g/mol. The van der Waals surface area contributed by atoms with Crippen molar-refractivity contribution in [3.8, 4) is 17.2 Å². The fourth-order valence-electron chi connectivity index (χ4n) is 4.06. The van der Waals surface area contributed by atoms with Crippen molar-refractivity contribution in [1.82, 2.24) is 5.32 Å². The second-order valence-corrected chi connectivity index (χ2v) is 8.26. The Hall–Kier alpha value is -2.80. The first-order valence-corrected chi connectivity index (χ1v) is 10.7. The van der Waals surface area contributed by atoms with Gasteiger partial charge in [0.2, 0.25) is 0 Å². The number of hydrogen-bond donors (Lipinski definition) is 1. The molecule has 150 valence electrons. The molecular weight excluding hydrogens is 415 g/mol. The summed E-state index contributed by atoms with van der Waals surface area (Å²) in [6.45, 7) is 0.348. The molecule has 0 aromatic heterocycles. The highest BCUT2D eigenvalue weighted by atomic mass is 35.5. The Morgan fingerprint density at radius 1 is 1.03 bits per heavy atom. The minimum absolute atomic E-state index is 0.170. The van der Waals surface area contributed by atoms with Crippen molar-refractivity contribution in [2.24, 2.45) is 0 Å². The maximum Gasteiger partial charge on any atom is 0.251 e. The van der Waals surface area contributed by atoms with Crippen LogP contribution in [0.1, 0.15) is 45.8 Å². The number of carbonyl (C=O) groups excluding carboxylic acids is 1. The van der Waals surface area contributed by atoms with Crippen LogP contribution in [0.4, 0.5) is 0 Å². The first kappa shape index (κ1) is 20.5. The predicted molar refractivity (Wildman–Crippen MR) is 121 cm³/mol. The largest absolute Gasteiger partial charge is 0.351 e. The third-order valence-corrected chi connectivity index (χ3v) is 6.12. The van der Waals surface area contributed by atoms with Crippen LogP contribution in [0.3, 0.4) is 0 Å². The quantitative estimate of drug-likeness (QED) is 0.473. The van der Waals surface area contributed by atoms with Gasteiger partial charge in [0.05, 0.1) is 12.5 Å². The molecule has 30 heavy (non-hydrogen) atoms. The Morgan fingerprint density at radius 2 is 1.87 bits per heavy atom. The van der Waals surface area contributed by atoms with E-state index in [1.807, 2.05) is 42.5 Å². The van der Waals surface area contributed by atoms with Crippen molar-refractivity contribution in [1.29, 1.82) is 5.26 Å². The number of rotatable bonds is 5. The number of halogens is 2. The smallest absolute Gasteiger partial charge is 0.251 e. The number of hydrogen-bond acceptors (Lipinski definition) is 2. The lowest BCUT2D eigenvalue weighted by Crippen LogP contribution is -2.24. The van der Waals surface area contributed by atoms with E-state index >= 15 is 0 Å². The van der Waals surface area contributed by atoms with Crippen LogP contribution in [-0.2, 0) is 6.42 Å². The Labute approximate surface area is 186 Å². The van der Waals surface area contributed by atoms with E-state index in [1.54, 1.807) is 6.07 Å². The molecule has 4 rings (SSSR count). The molecule has 3 nitrogen and oxygen atoms in total. The molecule has 0 aliphatic heterocycles. The molecule has 1 amide bonds. The van der Waals surface area contributed by atoms with Crippen LogP contribution in [0.25, 0.3) is 11.1 Å². The number of aryl methyl sites for hydroxylation is 1. The third-order valence-electron chi connectivity index (χ3n) is 5.54. The van der Waals surface area contributed by atoms with E-state index in [0.29, 0.717) is 23.6 Å². The van der Waals surface area contributed by atoms with Crippen LogP contribution >= 0.6 is 23.2 Å². The lowest BCUT2D eigenvalue weighted by molar-refractivity contribution is 0.0954. The van der Waals surface area contributed by atoms with Gasteiger partial charge in [0.1, 0.15) is 0 Å². The third kappa shape index (κ3) is 4.21. The number of carbonyl (C=O) groups is 1. The summed E-state index contributed by atoms with van der Waals surface area (Å²) in [7, 11) is 0. The van der Waals surface area contributed by atoms with E-state index in [9.17, 15) is 4.79 Å². The molecule has 0 saturated carbocycles. The van der Waals surface area contributed by atoms with Gasteiger partial charge in [0.25, 0.3) is 5.91 Å². The van der Waals surface area contributed by atoms with Gasteiger partial charge in [-0.2, -0.15) is 5.26 Å². The summed E-state index contributed by atoms with van der Waals surface area (Å²) in [4.78, 5) is 12.3. The minimum atomic E-state index is -0.170. The molecule has 0 fully saturated rings. The van der Waals surface area contributed by atoms with Crippen molar-refractivity contribution < 1.29 is 4.79 Å². The van der Waals surface area contributed by atoms with E-state index in [-0.39, 0.29) is 11.8 Å². The Kier molecular flexibility index (Phi) is 6.08. The van der Waals surface area contributed by atoms with Crippen molar-refractivity contribution in [2.75, 3.05) is 6.54 Å². The molecule has 0 bridgehead atoms. The van der Waals surface area contributed by atoms with Gasteiger partial charge in [-0.15, -0.1) is 0 Å². The number of fused-ring (bicyclic) bond motifs is 1. The normalized spacial score (nSPS) is 14.8. The second kappa shape index (κ2) is 8.92. The van der Waals surface area contributed by atoms with Gasteiger partial charge in [-0.05, 0) is 71.0 Å². The second-order valence-electron chi connectivity index (χ2n) is 7.42. The monoisotopic (exact) mass is 434 g/mol. The minimum Gasteiger partial charge on any atom is -0.351 e. The zero-order valence-electron chi connectivity index (χ0n) is 16.3. The number of nitrogens with zero attached hydrogens (tertiary/aromatic N) is 1. The van der Waals surface area contributed by atoms with Crippen LogP contribution in [0, 0.1) is 11.3 Å². The van der Waals surface area contributed by atoms with Gasteiger partial charge >= 0.3 is 0 Å². The molecule has 1 aliphatic rings. The van der Waals surface area contributed by atoms with Crippen LogP contribution in [0.15, 0.2) is 60.7 Å². The summed E-state index contributed by atoms with van der Waals surface area (Å²) >= 11 is 12.7. The standard InChI is InChI=1S/C25H20Cl2N2O/c26-20-8-10-24(27)23(15-20)21-9-7-16-5-6-18(14-22(16)21)17-3-1-4-19(13-17)25(30)29-12-2-11-28/h1,3-6,8,10,13-15,21H,2,7,9,12H2,(H,29,30). The highest BCUT2D eigenvalue weighted by molar-refractivity contribution is 6.33. The molecule has 1 aliphatic carbocycles. The molecule has 3 aromatic carbocycles. The molecule has 1 unspecified atom stereocenters. The fraction of sp³-hybridized carbons (Fsp3) is 0.200. The SMILES string of the molecule is N#CCCNC(=O)c1cccc(-c2ccc3c(c2)C(c2cc(Cl)ccc2Cl)CC3)c1. The lowest BCUT2D eigenvalue weighted by atomic mass is 9.90. The maximum absolute atomic E-state index is 12.3. The Bertz CT molecular complexity index is 1150. The van der Waals surface area contributed by atoms with Gasteiger partial charge in [-0.3, -0.25) is 4.79 Å². The zero-order valence-corrected chi connectivity index (χ0v) is 17.8. The molecule has 0 heterocycles. The number of amides is 1. The summed E-state index contributed by atoms with van der Waals surface area (Å²) < 4.78 is 0. The molecule has 0 saturated heterocycles. The van der Waals surface area contributed by atoms with Crippen molar-refractivity contribution >= 4 is 29.1 Å². The first-order valence-electron chi connectivity index (χ1n) is 9.90. The summed E-state index contributed by atoms with van der Waals surface area (Å²) in [5, 5.41) is 12.8. The molecular formula is C25H20Cl2N2O. The van der Waals surface area contributed by atoms with E-state index in [0.717, 1.165) is 34.6 Å². The van der Waals surface area contributed by atoms with E-state index in [1.165, 1.54) is 11.1 Å². The predicted octanol–water partition coefficient (Wildman–Crippen LogP) is 6.38. The molecule has 0 spiro atoms. The fourth-order valence-corrected chi connectivity index (χ4v) is 4.49. The number of nitrogens with one attached hydrogen (secondary N) is 1. The molecule has 0 radical (unpaired) electrons. The Balaban J connectivity index is 1.65.